The van der Waals surface area contributed by atoms with Gasteiger partial charge in [0.15, 0.2) is 0 Å². The molecule has 0 aromatic rings. The Morgan fingerprint density at radius 2 is 2.43 bits per heavy atom. The molecule has 82 valence electrons. The van der Waals surface area contributed by atoms with Gasteiger partial charge in [0.25, 0.3) is 0 Å². The standard InChI is InChI=1S/C11H21NO2/c1-3-13-8-10(2)14-9-11-4-6-12-7-5-11/h4,10,12H,3,5-9H2,1-2H3. The Labute approximate surface area is 86.5 Å². The fourth-order valence-electron chi connectivity index (χ4n) is 1.38. The average Bonchev–Trinajstić information content (AvgIpc) is 2.25. The first-order valence-electron chi connectivity index (χ1n) is 5.41. The molecule has 1 rings (SSSR count). The molecule has 0 spiro atoms. The summed E-state index contributed by atoms with van der Waals surface area (Å²) in [5, 5.41) is 3.28. The maximum atomic E-state index is 5.66. The molecule has 0 aromatic carbocycles. The van der Waals surface area contributed by atoms with E-state index >= 15 is 0 Å². The molecule has 0 radical (unpaired) electrons. The largest absolute Gasteiger partial charge is 0.379 e. The third-order valence-corrected chi connectivity index (χ3v) is 2.27. The highest BCUT2D eigenvalue weighted by atomic mass is 16.5. The molecule has 0 bridgehead atoms. The van der Waals surface area contributed by atoms with Gasteiger partial charge in [-0.2, -0.15) is 0 Å². The van der Waals surface area contributed by atoms with E-state index in [0.29, 0.717) is 6.61 Å². The minimum Gasteiger partial charge on any atom is -0.379 e. The van der Waals surface area contributed by atoms with Gasteiger partial charge in [-0.05, 0) is 32.4 Å². The van der Waals surface area contributed by atoms with Crippen LogP contribution in [0.15, 0.2) is 11.6 Å². The number of hydrogen-bond acceptors (Lipinski definition) is 3. The SMILES string of the molecule is CCOCC(C)OCC1=CCNCC1. The lowest BCUT2D eigenvalue weighted by atomic mass is 10.1. The predicted molar refractivity (Wildman–Crippen MR) is 57.5 cm³/mol. The van der Waals surface area contributed by atoms with Crippen molar-refractivity contribution in [3.63, 3.8) is 0 Å². The van der Waals surface area contributed by atoms with Crippen LogP contribution in [-0.4, -0.2) is 39.0 Å². The molecule has 3 nitrogen and oxygen atoms in total. The average molecular weight is 199 g/mol. The Hall–Kier alpha value is -0.380. The summed E-state index contributed by atoms with van der Waals surface area (Å²) in [6, 6.07) is 0. The minimum absolute atomic E-state index is 0.200. The monoisotopic (exact) mass is 199 g/mol. The molecule has 0 fully saturated rings. The number of nitrogens with one attached hydrogen (secondary N) is 1. The molecule has 3 heteroatoms. The first-order chi connectivity index (χ1) is 6.83. The smallest absolute Gasteiger partial charge is 0.0784 e. The van der Waals surface area contributed by atoms with Crippen LogP contribution < -0.4 is 5.32 Å². The van der Waals surface area contributed by atoms with E-state index < -0.39 is 0 Å². The first-order valence-corrected chi connectivity index (χ1v) is 5.41. The third kappa shape index (κ3) is 4.74. The van der Waals surface area contributed by atoms with Gasteiger partial charge < -0.3 is 14.8 Å². The summed E-state index contributed by atoms with van der Waals surface area (Å²) in [6.45, 7) is 8.34. The van der Waals surface area contributed by atoms with Crippen molar-refractivity contribution in [3.05, 3.63) is 11.6 Å². The second-order valence-electron chi connectivity index (χ2n) is 3.60. The van der Waals surface area contributed by atoms with Crippen molar-refractivity contribution in [1.82, 2.24) is 5.32 Å². The van der Waals surface area contributed by atoms with Crippen LogP contribution in [0, 0.1) is 0 Å². The van der Waals surface area contributed by atoms with Gasteiger partial charge in [0.2, 0.25) is 0 Å². The first kappa shape index (κ1) is 11.7. The van der Waals surface area contributed by atoms with Gasteiger partial charge in [-0.1, -0.05) is 6.08 Å². The molecule has 1 aliphatic heterocycles. The highest BCUT2D eigenvalue weighted by molar-refractivity contribution is 5.07. The summed E-state index contributed by atoms with van der Waals surface area (Å²) >= 11 is 0. The van der Waals surface area contributed by atoms with Crippen molar-refractivity contribution < 1.29 is 9.47 Å². The number of rotatable bonds is 6. The van der Waals surface area contributed by atoms with E-state index in [1.165, 1.54) is 5.57 Å². The van der Waals surface area contributed by atoms with E-state index in [-0.39, 0.29) is 6.10 Å². The Morgan fingerprint density at radius 3 is 3.07 bits per heavy atom. The molecule has 0 saturated carbocycles. The molecule has 1 aliphatic rings. The summed E-state index contributed by atoms with van der Waals surface area (Å²) in [4.78, 5) is 0. The van der Waals surface area contributed by atoms with E-state index in [1.807, 2.05) is 6.92 Å². The van der Waals surface area contributed by atoms with Crippen LogP contribution in [0.5, 0.6) is 0 Å². The lowest BCUT2D eigenvalue weighted by Crippen LogP contribution is -2.24. The predicted octanol–water partition coefficient (Wildman–Crippen LogP) is 1.35. The molecular formula is C11H21NO2. The van der Waals surface area contributed by atoms with Crippen LogP contribution >= 0.6 is 0 Å². The zero-order chi connectivity index (χ0) is 10.2. The lowest BCUT2D eigenvalue weighted by molar-refractivity contribution is 0.00512. The lowest BCUT2D eigenvalue weighted by Gasteiger charge is -2.17. The highest BCUT2D eigenvalue weighted by Gasteiger charge is 2.06. The van der Waals surface area contributed by atoms with Crippen molar-refractivity contribution in [1.29, 1.82) is 0 Å². The maximum Gasteiger partial charge on any atom is 0.0784 e. The Balaban J connectivity index is 2.09. The van der Waals surface area contributed by atoms with Crippen LogP contribution in [-0.2, 0) is 9.47 Å². The summed E-state index contributed by atoms with van der Waals surface area (Å²) in [6.07, 6.45) is 3.53. The molecule has 0 amide bonds. The van der Waals surface area contributed by atoms with Gasteiger partial charge in [0.05, 0.1) is 19.3 Å². The molecule has 0 aromatic heterocycles. The van der Waals surface area contributed by atoms with Crippen LogP contribution in [0.1, 0.15) is 20.3 Å². The van der Waals surface area contributed by atoms with Gasteiger partial charge in [-0.15, -0.1) is 0 Å². The molecule has 0 saturated heterocycles. The molecule has 1 unspecified atom stereocenters. The van der Waals surface area contributed by atoms with Crippen molar-refractivity contribution in [2.45, 2.75) is 26.4 Å². The van der Waals surface area contributed by atoms with Crippen LogP contribution in [0.4, 0.5) is 0 Å². The van der Waals surface area contributed by atoms with Crippen molar-refractivity contribution in [2.75, 3.05) is 32.9 Å². The Morgan fingerprint density at radius 1 is 1.57 bits per heavy atom. The Bertz CT molecular complexity index is 180. The van der Waals surface area contributed by atoms with E-state index in [1.54, 1.807) is 0 Å². The fraction of sp³-hybridized carbons (Fsp3) is 0.818. The van der Waals surface area contributed by atoms with Gasteiger partial charge >= 0.3 is 0 Å². The third-order valence-electron chi connectivity index (χ3n) is 2.27. The maximum absolute atomic E-state index is 5.66. The summed E-state index contributed by atoms with van der Waals surface area (Å²) < 4.78 is 10.9. The van der Waals surface area contributed by atoms with E-state index in [0.717, 1.165) is 32.7 Å². The van der Waals surface area contributed by atoms with Crippen LogP contribution in [0.2, 0.25) is 0 Å². The molecule has 0 aliphatic carbocycles. The van der Waals surface area contributed by atoms with Crippen LogP contribution in [0.25, 0.3) is 0 Å². The zero-order valence-corrected chi connectivity index (χ0v) is 9.21. The normalized spacial score (nSPS) is 19.1. The Kier molecular flexibility index (Phi) is 5.83. The number of ether oxygens (including phenoxy) is 2. The highest BCUT2D eigenvalue weighted by Crippen LogP contribution is 2.06. The van der Waals surface area contributed by atoms with E-state index in [2.05, 4.69) is 18.3 Å². The second kappa shape index (κ2) is 6.98. The summed E-state index contributed by atoms with van der Waals surface area (Å²) in [5.74, 6) is 0. The molecule has 14 heavy (non-hydrogen) atoms. The van der Waals surface area contributed by atoms with E-state index in [4.69, 9.17) is 9.47 Å². The van der Waals surface area contributed by atoms with Crippen molar-refractivity contribution >= 4 is 0 Å². The van der Waals surface area contributed by atoms with Gasteiger partial charge in [0, 0.05) is 13.2 Å². The summed E-state index contributed by atoms with van der Waals surface area (Å²) in [7, 11) is 0. The molecule has 1 heterocycles. The fourth-order valence-corrected chi connectivity index (χ4v) is 1.38. The second-order valence-corrected chi connectivity index (χ2v) is 3.60. The minimum atomic E-state index is 0.200. The topological polar surface area (TPSA) is 30.5 Å². The zero-order valence-electron chi connectivity index (χ0n) is 9.21. The molecule has 1 atom stereocenters. The van der Waals surface area contributed by atoms with Crippen molar-refractivity contribution in [3.8, 4) is 0 Å². The molecular weight excluding hydrogens is 178 g/mol. The van der Waals surface area contributed by atoms with Crippen molar-refractivity contribution in [2.24, 2.45) is 0 Å². The van der Waals surface area contributed by atoms with Gasteiger partial charge in [-0.3, -0.25) is 0 Å². The number of hydrogen-bond donors (Lipinski definition) is 1. The molecule has 1 N–H and O–H groups in total. The quantitative estimate of drug-likeness (QED) is 0.655. The van der Waals surface area contributed by atoms with Gasteiger partial charge in [-0.25, -0.2) is 0 Å². The van der Waals surface area contributed by atoms with Gasteiger partial charge in [0.1, 0.15) is 0 Å². The van der Waals surface area contributed by atoms with E-state index in [9.17, 15) is 0 Å². The summed E-state index contributed by atoms with van der Waals surface area (Å²) in [5.41, 5.74) is 1.41. The van der Waals surface area contributed by atoms with Crippen LogP contribution in [0.3, 0.4) is 0 Å².